The number of carbonyl (C=O) groups excluding carboxylic acids is 1. The van der Waals surface area contributed by atoms with Crippen molar-refractivity contribution in [1.29, 1.82) is 0 Å². The highest BCUT2D eigenvalue weighted by Crippen LogP contribution is 2.31. The van der Waals surface area contributed by atoms with Gasteiger partial charge in [-0.3, -0.25) is 4.79 Å². The van der Waals surface area contributed by atoms with Gasteiger partial charge in [0.05, 0.1) is 5.56 Å². The fourth-order valence-corrected chi connectivity index (χ4v) is 3.62. The molecule has 2 unspecified atom stereocenters. The molecule has 2 rings (SSSR count). The normalized spacial score (nSPS) is 22.5. The molecule has 2 atom stereocenters. The maximum atomic E-state index is 12.9. The number of phenols is 1. The van der Waals surface area contributed by atoms with Crippen molar-refractivity contribution in [3.8, 4) is 5.75 Å². The Morgan fingerprint density at radius 2 is 2.05 bits per heavy atom. The molecule has 1 aromatic carbocycles. The van der Waals surface area contributed by atoms with Crippen LogP contribution in [-0.2, 0) is 0 Å². The smallest absolute Gasteiger partial charge is 0.255 e. The zero-order valence-corrected chi connectivity index (χ0v) is 12.8. The molecule has 1 aromatic rings. The lowest BCUT2D eigenvalue weighted by Crippen LogP contribution is -2.34. The van der Waals surface area contributed by atoms with E-state index in [4.69, 9.17) is 0 Å². The van der Waals surface area contributed by atoms with Crippen molar-refractivity contribution in [3.05, 3.63) is 29.6 Å². The van der Waals surface area contributed by atoms with Gasteiger partial charge in [-0.25, -0.2) is 4.39 Å². The van der Waals surface area contributed by atoms with E-state index in [2.05, 4.69) is 21.2 Å². The molecule has 0 aromatic heterocycles. The molecule has 0 spiro atoms. The van der Waals surface area contributed by atoms with Crippen LogP contribution in [-0.4, -0.2) is 22.9 Å². The van der Waals surface area contributed by atoms with E-state index in [1.165, 1.54) is 31.4 Å². The van der Waals surface area contributed by atoms with Crippen molar-refractivity contribution in [1.82, 2.24) is 5.32 Å². The first kappa shape index (κ1) is 15.3. The summed E-state index contributed by atoms with van der Waals surface area (Å²) >= 11 is 3.53. The predicted molar refractivity (Wildman–Crippen MR) is 79.6 cm³/mol. The number of amides is 1. The number of phenolic OH excluding ortho intramolecular Hbond substituents is 1. The molecular weight excluding hydrogens is 325 g/mol. The lowest BCUT2D eigenvalue weighted by molar-refractivity contribution is 0.0934. The third-order valence-electron chi connectivity index (χ3n) is 3.99. The summed E-state index contributed by atoms with van der Waals surface area (Å²) in [7, 11) is 0. The summed E-state index contributed by atoms with van der Waals surface area (Å²) < 4.78 is 12.9. The first-order chi connectivity index (χ1) is 9.61. The van der Waals surface area contributed by atoms with Gasteiger partial charge < -0.3 is 10.4 Å². The molecule has 0 radical (unpaired) electrons. The minimum absolute atomic E-state index is 0.123. The quantitative estimate of drug-likeness (QED) is 0.822. The van der Waals surface area contributed by atoms with Crippen LogP contribution in [0.2, 0.25) is 0 Å². The topological polar surface area (TPSA) is 49.3 Å². The number of aromatic hydroxyl groups is 1. The molecule has 0 heterocycles. The van der Waals surface area contributed by atoms with E-state index in [1.54, 1.807) is 0 Å². The molecule has 1 aliphatic rings. The number of hydrogen-bond donors (Lipinski definition) is 2. The van der Waals surface area contributed by atoms with E-state index in [-0.39, 0.29) is 17.2 Å². The number of nitrogens with one attached hydrogen (secondary N) is 1. The monoisotopic (exact) mass is 343 g/mol. The van der Waals surface area contributed by atoms with Gasteiger partial charge in [0.15, 0.2) is 0 Å². The van der Waals surface area contributed by atoms with Crippen LogP contribution in [0.15, 0.2) is 18.2 Å². The van der Waals surface area contributed by atoms with Crippen LogP contribution >= 0.6 is 15.9 Å². The van der Waals surface area contributed by atoms with Crippen LogP contribution in [0.25, 0.3) is 0 Å². The average molecular weight is 344 g/mol. The summed E-state index contributed by atoms with van der Waals surface area (Å²) in [6.45, 7) is 0.603. The van der Waals surface area contributed by atoms with Crippen LogP contribution in [0.3, 0.4) is 0 Å². The van der Waals surface area contributed by atoms with E-state index in [0.717, 1.165) is 17.8 Å². The van der Waals surface area contributed by atoms with Gasteiger partial charge in [-0.15, -0.1) is 0 Å². The van der Waals surface area contributed by atoms with Gasteiger partial charge in [0.1, 0.15) is 11.6 Å². The third kappa shape index (κ3) is 3.72. The summed E-state index contributed by atoms with van der Waals surface area (Å²) in [5.74, 6) is -0.157. The highest BCUT2D eigenvalue weighted by atomic mass is 79.9. The molecular formula is C15H19BrFNO2. The van der Waals surface area contributed by atoms with Gasteiger partial charge in [-0.1, -0.05) is 28.8 Å². The number of carbonyl (C=O) groups is 1. The van der Waals surface area contributed by atoms with E-state index >= 15 is 0 Å². The number of halogens is 2. The standard InChI is InChI=1S/C15H19BrFNO2/c16-8-10-3-1-2-4-11(10)9-18-15(20)13-6-5-12(17)7-14(13)19/h5-7,10-11,19H,1-4,8-9H2,(H,18,20). The second-order valence-electron chi connectivity index (χ2n) is 5.33. The lowest BCUT2D eigenvalue weighted by Gasteiger charge is -2.30. The maximum absolute atomic E-state index is 12.9. The number of alkyl halides is 1. The van der Waals surface area contributed by atoms with Crippen LogP contribution in [0.5, 0.6) is 5.75 Å². The number of benzene rings is 1. The first-order valence-electron chi connectivity index (χ1n) is 6.94. The Bertz CT molecular complexity index is 481. The van der Waals surface area contributed by atoms with Gasteiger partial charge in [0.25, 0.3) is 5.91 Å². The largest absolute Gasteiger partial charge is 0.507 e. The molecule has 3 nitrogen and oxygen atoms in total. The van der Waals surface area contributed by atoms with Crippen molar-refractivity contribution in [2.75, 3.05) is 11.9 Å². The Labute approximate surface area is 126 Å². The Balaban J connectivity index is 1.94. The van der Waals surface area contributed by atoms with Gasteiger partial charge in [-0.2, -0.15) is 0 Å². The third-order valence-corrected chi connectivity index (χ3v) is 4.83. The van der Waals surface area contributed by atoms with Crippen LogP contribution in [0, 0.1) is 17.7 Å². The molecule has 2 N–H and O–H groups in total. The highest BCUT2D eigenvalue weighted by Gasteiger charge is 2.24. The zero-order chi connectivity index (χ0) is 14.5. The maximum Gasteiger partial charge on any atom is 0.255 e. The van der Waals surface area contributed by atoms with Crippen LogP contribution in [0.4, 0.5) is 4.39 Å². The second-order valence-corrected chi connectivity index (χ2v) is 5.98. The fraction of sp³-hybridized carbons (Fsp3) is 0.533. The SMILES string of the molecule is O=C(NCC1CCCCC1CBr)c1ccc(F)cc1O. The summed E-state index contributed by atoms with van der Waals surface area (Å²) in [6, 6.07) is 3.44. The Hall–Kier alpha value is -1.10. The van der Waals surface area contributed by atoms with E-state index in [0.29, 0.717) is 18.4 Å². The fourth-order valence-electron chi connectivity index (χ4n) is 2.77. The average Bonchev–Trinajstić information content (AvgIpc) is 2.45. The van der Waals surface area contributed by atoms with Crippen LogP contribution < -0.4 is 5.32 Å². The zero-order valence-electron chi connectivity index (χ0n) is 11.2. The molecule has 1 saturated carbocycles. The molecule has 0 bridgehead atoms. The predicted octanol–water partition coefficient (Wildman–Crippen LogP) is 3.46. The minimum Gasteiger partial charge on any atom is -0.507 e. The lowest BCUT2D eigenvalue weighted by atomic mass is 9.80. The molecule has 110 valence electrons. The second kappa shape index (κ2) is 7.07. The minimum atomic E-state index is -0.550. The van der Waals surface area contributed by atoms with Crippen LogP contribution in [0.1, 0.15) is 36.0 Å². The van der Waals surface area contributed by atoms with E-state index < -0.39 is 5.82 Å². The number of rotatable bonds is 4. The molecule has 1 amide bonds. The van der Waals surface area contributed by atoms with Crippen molar-refractivity contribution >= 4 is 21.8 Å². The molecule has 1 aliphatic carbocycles. The van der Waals surface area contributed by atoms with Gasteiger partial charge >= 0.3 is 0 Å². The molecule has 5 heteroatoms. The summed E-state index contributed by atoms with van der Waals surface area (Å²) in [5.41, 5.74) is 0.123. The highest BCUT2D eigenvalue weighted by molar-refractivity contribution is 9.09. The molecule has 1 fully saturated rings. The van der Waals surface area contributed by atoms with Crippen molar-refractivity contribution in [3.63, 3.8) is 0 Å². The first-order valence-corrected chi connectivity index (χ1v) is 8.06. The van der Waals surface area contributed by atoms with Crippen molar-refractivity contribution in [2.24, 2.45) is 11.8 Å². The van der Waals surface area contributed by atoms with E-state index in [9.17, 15) is 14.3 Å². The summed E-state index contributed by atoms with van der Waals surface area (Å²) in [5, 5.41) is 13.4. The van der Waals surface area contributed by atoms with Gasteiger partial charge in [0, 0.05) is 17.9 Å². The van der Waals surface area contributed by atoms with Gasteiger partial charge in [0.2, 0.25) is 0 Å². The molecule has 20 heavy (non-hydrogen) atoms. The number of hydrogen-bond acceptors (Lipinski definition) is 2. The molecule has 0 aliphatic heterocycles. The Morgan fingerprint density at radius 1 is 1.35 bits per heavy atom. The van der Waals surface area contributed by atoms with Crippen molar-refractivity contribution < 1.29 is 14.3 Å². The summed E-state index contributed by atoms with van der Waals surface area (Å²) in [6.07, 6.45) is 4.75. The Morgan fingerprint density at radius 3 is 2.70 bits per heavy atom. The Kier molecular flexibility index (Phi) is 5.40. The van der Waals surface area contributed by atoms with E-state index in [1.807, 2.05) is 0 Å². The molecule has 0 saturated heterocycles. The van der Waals surface area contributed by atoms with Crippen molar-refractivity contribution in [2.45, 2.75) is 25.7 Å². The summed E-state index contributed by atoms with van der Waals surface area (Å²) in [4.78, 5) is 12.0. The van der Waals surface area contributed by atoms with Gasteiger partial charge in [-0.05, 0) is 36.8 Å².